The van der Waals surface area contributed by atoms with E-state index in [2.05, 4.69) is 43.8 Å². The van der Waals surface area contributed by atoms with E-state index in [1.54, 1.807) is 12.7 Å². The number of rotatable bonds is 2. The van der Waals surface area contributed by atoms with E-state index in [0.717, 1.165) is 31.5 Å². The van der Waals surface area contributed by atoms with E-state index in [9.17, 15) is 0 Å². The lowest BCUT2D eigenvalue weighted by molar-refractivity contribution is 0.617. The van der Waals surface area contributed by atoms with Crippen molar-refractivity contribution in [2.75, 3.05) is 0 Å². The molecule has 0 atom stereocenters. The van der Waals surface area contributed by atoms with Crippen LogP contribution in [0.3, 0.4) is 0 Å². The Morgan fingerprint density at radius 2 is 1.91 bits per heavy atom. The largest absolute Gasteiger partial charge is 0.436 e. The van der Waals surface area contributed by atoms with Crippen LogP contribution in [0.2, 0.25) is 0 Å². The zero-order valence-electron chi connectivity index (χ0n) is 11.7. The standard InChI is InChI=1S/C16H11IN4O/c1-10-5-13(21-8-18-19-9-21)7-14-15(10)22-16(20-14)11-3-2-4-12(17)6-11/h2-9H,1H3. The zero-order chi connectivity index (χ0) is 15.1. The molecule has 6 heteroatoms. The summed E-state index contributed by atoms with van der Waals surface area (Å²) in [5, 5.41) is 7.68. The van der Waals surface area contributed by atoms with Crippen LogP contribution in [0.15, 0.2) is 53.5 Å². The summed E-state index contributed by atoms with van der Waals surface area (Å²) >= 11 is 2.28. The van der Waals surface area contributed by atoms with Crippen molar-refractivity contribution in [2.24, 2.45) is 0 Å². The van der Waals surface area contributed by atoms with Crippen LogP contribution in [0.1, 0.15) is 5.56 Å². The van der Waals surface area contributed by atoms with E-state index >= 15 is 0 Å². The van der Waals surface area contributed by atoms with Gasteiger partial charge in [0.05, 0.1) is 5.69 Å². The summed E-state index contributed by atoms with van der Waals surface area (Å²) in [6, 6.07) is 12.1. The molecular weight excluding hydrogens is 391 g/mol. The van der Waals surface area contributed by atoms with Gasteiger partial charge in [-0.05, 0) is 65.4 Å². The molecule has 5 nitrogen and oxygen atoms in total. The Kier molecular flexibility index (Phi) is 3.18. The van der Waals surface area contributed by atoms with E-state index < -0.39 is 0 Å². The molecule has 0 aliphatic rings. The lowest BCUT2D eigenvalue weighted by Crippen LogP contribution is -1.91. The van der Waals surface area contributed by atoms with E-state index in [4.69, 9.17) is 4.42 Å². The molecule has 108 valence electrons. The van der Waals surface area contributed by atoms with Crippen molar-refractivity contribution >= 4 is 33.7 Å². The van der Waals surface area contributed by atoms with E-state index in [1.807, 2.05) is 41.8 Å². The van der Waals surface area contributed by atoms with Crippen molar-refractivity contribution in [1.82, 2.24) is 19.7 Å². The van der Waals surface area contributed by atoms with Gasteiger partial charge >= 0.3 is 0 Å². The van der Waals surface area contributed by atoms with Crippen molar-refractivity contribution in [1.29, 1.82) is 0 Å². The molecule has 0 saturated heterocycles. The van der Waals surface area contributed by atoms with Crippen LogP contribution in [0.25, 0.3) is 28.2 Å². The molecule has 0 unspecified atom stereocenters. The maximum Gasteiger partial charge on any atom is 0.227 e. The van der Waals surface area contributed by atoms with E-state index in [0.29, 0.717) is 5.89 Å². The first kappa shape index (κ1) is 13.4. The van der Waals surface area contributed by atoms with Crippen LogP contribution in [0.4, 0.5) is 0 Å². The Labute approximate surface area is 140 Å². The maximum absolute atomic E-state index is 5.96. The molecule has 0 amide bonds. The maximum atomic E-state index is 5.96. The average molecular weight is 402 g/mol. The first-order valence-electron chi connectivity index (χ1n) is 6.73. The quantitative estimate of drug-likeness (QED) is 0.476. The molecule has 0 N–H and O–H groups in total. The van der Waals surface area contributed by atoms with E-state index in [1.165, 1.54) is 0 Å². The lowest BCUT2D eigenvalue weighted by Gasteiger charge is -2.02. The number of benzene rings is 2. The third-order valence-electron chi connectivity index (χ3n) is 3.45. The third kappa shape index (κ3) is 2.29. The van der Waals surface area contributed by atoms with Gasteiger partial charge in [-0.2, -0.15) is 0 Å². The van der Waals surface area contributed by atoms with Gasteiger partial charge < -0.3 is 4.42 Å². The fraction of sp³-hybridized carbons (Fsp3) is 0.0625. The SMILES string of the molecule is Cc1cc(-n2cnnc2)cc2nc(-c3cccc(I)c3)oc12. The number of hydrogen-bond donors (Lipinski definition) is 0. The number of hydrogen-bond acceptors (Lipinski definition) is 4. The summed E-state index contributed by atoms with van der Waals surface area (Å²) < 4.78 is 8.96. The topological polar surface area (TPSA) is 56.7 Å². The summed E-state index contributed by atoms with van der Waals surface area (Å²) in [6.07, 6.45) is 3.34. The number of aryl methyl sites for hydroxylation is 1. The second kappa shape index (κ2) is 5.20. The first-order chi connectivity index (χ1) is 10.7. The highest BCUT2D eigenvalue weighted by Crippen LogP contribution is 2.29. The van der Waals surface area contributed by atoms with Crippen LogP contribution in [0.5, 0.6) is 0 Å². The van der Waals surface area contributed by atoms with Gasteiger partial charge in [0.15, 0.2) is 5.58 Å². The summed E-state index contributed by atoms with van der Waals surface area (Å²) in [6.45, 7) is 2.01. The van der Waals surface area contributed by atoms with Crippen molar-refractivity contribution in [3.05, 3.63) is 58.2 Å². The number of halogens is 1. The highest BCUT2D eigenvalue weighted by molar-refractivity contribution is 14.1. The molecule has 0 aliphatic carbocycles. The number of aromatic nitrogens is 4. The molecule has 2 aromatic carbocycles. The Hall–Kier alpha value is -2.22. The van der Waals surface area contributed by atoms with Crippen LogP contribution in [-0.4, -0.2) is 19.7 Å². The van der Waals surface area contributed by atoms with Crippen LogP contribution >= 0.6 is 22.6 Å². The average Bonchev–Trinajstić information content (AvgIpc) is 3.16. The molecule has 0 aliphatic heterocycles. The highest BCUT2D eigenvalue weighted by Gasteiger charge is 2.12. The van der Waals surface area contributed by atoms with Crippen LogP contribution in [0, 0.1) is 10.5 Å². The number of oxazole rings is 1. The Balaban J connectivity index is 1.89. The lowest BCUT2D eigenvalue weighted by atomic mass is 10.2. The minimum atomic E-state index is 0.637. The van der Waals surface area contributed by atoms with E-state index in [-0.39, 0.29) is 0 Å². The molecule has 0 bridgehead atoms. The molecule has 0 spiro atoms. The summed E-state index contributed by atoms with van der Waals surface area (Å²) in [4.78, 5) is 4.63. The summed E-state index contributed by atoms with van der Waals surface area (Å²) in [5.41, 5.74) is 4.62. The van der Waals surface area contributed by atoms with Crippen LogP contribution in [-0.2, 0) is 0 Å². The fourth-order valence-electron chi connectivity index (χ4n) is 2.41. The van der Waals surface area contributed by atoms with Crippen molar-refractivity contribution in [2.45, 2.75) is 6.92 Å². The van der Waals surface area contributed by atoms with Gasteiger partial charge in [-0.15, -0.1) is 10.2 Å². The first-order valence-corrected chi connectivity index (χ1v) is 7.81. The minimum absolute atomic E-state index is 0.637. The molecule has 0 saturated carbocycles. The molecule has 2 aromatic heterocycles. The zero-order valence-corrected chi connectivity index (χ0v) is 13.9. The van der Waals surface area contributed by atoms with Crippen molar-refractivity contribution in [3.63, 3.8) is 0 Å². The molecule has 2 heterocycles. The van der Waals surface area contributed by atoms with Gasteiger partial charge in [-0.25, -0.2) is 4.98 Å². The van der Waals surface area contributed by atoms with Gasteiger partial charge in [-0.3, -0.25) is 4.57 Å². The van der Waals surface area contributed by atoms with Crippen molar-refractivity contribution in [3.8, 4) is 17.1 Å². The second-order valence-electron chi connectivity index (χ2n) is 5.01. The predicted molar refractivity (Wildman–Crippen MR) is 91.8 cm³/mol. The van der Waals surface area contributed by atoms with Gasteiger partial charge in [0.2, 0.25) is 5.89 Å². The Morgan fingerprint density at radius 1 is 1.09 bits per heavy atom. The Bertz CT molecular complexity index is 960. The summed E-state index contributed by atoms with van der Waals surface area (Å²) in [7, 11) is 0. The minimum Gasteiger partial charge on any atom is -0.436 e. The third-order valence-corrected chi connectivity index (χ3v) is 4.12. The van der Waals surface area contributed by atoms with Gasteiger partial charge in [0.25, 0.3) is 0 Å². The molecule has 0 radical (unpaired) electrons. The van der Waals surface area contributed by atoms with Gasteiger partial charge in [0, 0.05) is 9.13 Å². The molecule has 4 aromatic rings. The number of nitrogens with zero attached hydrogens (tertiary/aromatic N) is 4. The monoisotopic (exact) mass is 402 g/mol. The van der Waals surface area contributed by atoms with Crippen LogP contribution < -0.4 is 0 Å². The second-order valence-corrected chi connectivity index (χ2v) is 6.26. The number of fused-ring (bicyclic) bond motifs is 1. The Morgan fingerprint density at radius 3 is 2.68 bits per heavy atom. The van der Waals surface area contributed by atoms with Gasteiger partial charge in [0.1, 0.15) is 18.2 Å². The molecule has 0 fully saturated rings. The predicted octanol–water partition coefficient (Wildman–Crippen LogP) is 3.99. The van der Waals surface area contributed by atoms with Crippen molar-refractivity contribution < 1.29 is 4.42 Å². The highest BCUT2D eigenvalue weighted by atomic mass is 127. The summed E-state index contributed by atoms with van der Waals surface area (Å²) in [5.74, 6) is 0.637. The normalized spacial score (nSPS) is 11.2. The molecule has 4 rings (SSSR count). The smallest absolute Gasteiger partial charge is 0.227 e. The van der Waals surface area contributed by atoms with Gasteiger partial charge in [-0.1, -0.05) is 6.07 Å². The fourth-order valence-corrected chi connectivity index (χ4v) is 2.95. The molecule has 22 heavy (non-hydrogen) atoms. The molecular formula is C16H11IN4O.